The van der Waals surface area contributed by atoms with Crippen molar-refractivity contribution in [1.29, 1.82) is 5.26 Å². The van der Waals surface area contributed by atoms with Gasteiger partial charge in [-0.25, -0.2) is 0 Å². The smallest absolute Gasteiger partial charge is 0.252 e. The lowest BCUT2D eigenvalue weighted by molar-refractivity contribution is 0.652. The number of unbranched alkanes of at least 4 members (excludes halogenated alkanes) is 1. The van der Waals surface area contributed by atoms with E-state index in [1.54, 1.807) is 0 Å². The standard InChI is InChI=1S/C10H20FNSi/c1-9(2)13(11,10(3)4)8-6-5-7-12/h9-10H,5-6,8H2,1-4H3. The van der Waals surface area contributed by atoms with E-state index in [0.29, 0.717) is 12.5 Å². The Morgan fingerprint density at radius 2 is 1.69 bits per heavy atom. The van der Waals surface area contributed by atoms with Gasteiger partial charge < -0.3 is 4.11 Å². The van der Waals surface area contributed by atoms with E-state index in [-0.39, 0.29) is 11.1 Å². The van der Waals surface area contributed by atoms with E-state index >= 15 is 0 Å². The molecule has 1 nitrogen and oxygen atoms in total. The average Bonchev–Trinajstić information content (AvgIpc) is 2.03. The maximum Gasteiger partial charge on any atom is 0.252 e. The largest absolute Gasteiger partial charge is 0.313 e. The summed E-state index contributed by atoms with van der Waals surface area (Å²) >= 11 is 0. The molecule has 0 unspecified atom stereocenters. The predicted molar refractivity (Wildman–Crippen MR) is 56.7 cm³/mol. The van der Waals surface area contributed by atoms with E-state index in [4.69, 9.17) is 5.26 Å². The number of nitrogens with zero attached hydrogens (tertiary/aromatic N) is 1. The van der Waals surface area contributed by atoms with Gasteiger partial charge in [-0.3, -0.25) is 0 Å². The molecule has 0 radical (unpaired) electrons. The quantitative estimate of drug-likeness (QED) is 0.374. The minimum atomic E-state index is -2.59. The number of rotatable bonds is 5. The molecule has 0 heterocycles. The van der Waals surface area contributed by atoms with E-state index < -0.39 is 8.41 Å². The molecule has 76 valence electrons. The van der Waals surface area contributed by atoms with Gasteiger partial charge in [0.15, 0.2) is 0 Å². The summed E-state index contributed by atoms with van der Waals surface area (Å²) in [6.07, 6.45) is 1.23. The minimum Gasteiger partial charge on any atom is -0.313 e. The zero-order valence-corrected chi connectivity index (χ0v) is 10.1. The highest BCUT2D eigenvalue weighted by molar-refractivity contribution is 6.75. The molecule has 13 heavy (non-hydrogen) atoms. The van der Waals surface area contributed by atoms with E-state index in [0.717, 1.165) is 6.42 Å². The second-order valence-corrected chi connectivity index (χ2v) is 8.91. The van der Waals surface area contributed by atoms with Gasteiger partial charge in [0, 0.05) is 6.42 Å². The molecule has 0 aliphatic heterocycles. The van der Waals surface area contributed by atoms with Crippen molar-refractivity contribution in [2.24, 2.45) is 0 Å². The monoisotopic (exact) mass is 201 g/mol. The lowest BCUT2D eigenvalue weighted by atomic mass is 10.4. The summed E-state index contributed by atoms with van der Waals surface area (Å²) in [7, 11) is -2.59. The molecule has 0 aliphatic rings. The molecule has 0 atom stereocenters. The molecule has 0 aromatic rings. The fourth-order valence-electron chi connectivity index (χ4n) is 1.68. The fourth-order valence-corrected chi connectivity index (χ4v) is 4.89. The van der Waals surface area contributed by atoms with Crippen LogP contribution < -0.4 is 0 Å². The molecule has 0 N–H and O–H groups in total. The highest BCUT2D eigenvalue weighted by Crippen LogP contribution is 2.38. The minimum absolute atomic E-state index is 0.172. The molecule has 0 spiro atoms. The van der Waals surface area contributed by atoms with Crippen LogP contribution in [0, 0.1) is 11.3 Å². The van der Waals surface area contributed by atoms with Crippen LogP contribution >= 0.6 is 0 Å². The SMILES string of the molecule is CC(C)[Si](F)(CCCC#N)C(C)C. The Hall–Kier alpha value is -0.363. The summed E-state index contributed by atoms with van der Waals surface area (Å²) in [5, 5.41) is 8.38. The Balaban J connectivity index is 4.19. The molecule has 0 saturated carbocycles. The van der Waals surface area contributed by atoms with Gasteiger partial charge in [-0.1, -0.05) is 27.7 Å². The zero-order valence-electron chi connectivity index (χ0n) is 9.10. The van der Waals surface area contributed by atoms with Gasteiger partial charge in [0.05, 0.1) is 6.07 Å². The van der Waals surface area contributed by atoms with Crippen molar-refractivity contribution >= 4 is 8.41 Å². The highest BCUT2D eigenvalue weighted by atomic mass is 28.4. The van der Waals surface area contributed by atoms with Crippen LogP contribution in [0.4, 0.5) is 4.11 Å². The maximum absolute atomic E-state index is 14.4. The van der Waals surface area contributed by atoms with Crippen LogP contribution in [0.25, 0.3) is 0 Å². The Morgan fingerprint density at radius 3 is 2.00 bits per heavy atom. The van der Waals surface area contributed by atoms with Crippen LogP contribution in [-0.2, 0) is 0 Å². The molecule has 0 amide bonds. The van der Waals surface area contributed by atoms with Crippen LogP contribution in [-0.4, -0.2) is 8.41 Å². The second kappa shape index (κ2) is 5.38. The molecular weight excluding hydrogens is 181 g/mol. The van der Waals surface area contributed by atoms with Gasteiger partial charge >= 0.3 is 0 Å². The summed E-state index contributed by atoms with van der Waals surface area (Å²) in [6, 6.07) is 2.72. The van der Waals surface area contributed by atoms with Gasteiger partial charge in [0.2, 0.25) is 0 Å². The maximum atomic E-state index is 14.4. The Kier molecular flexibility index (Phi) is 5.23. The number of hydrogen-bond acceptors (Lipinski definition) is 1. The summed E-state index contributed by atoms with van der Waals surface area (Å²) in [4.78, 5) is 0. The molecule has 0 fully saturated rings. The molecule has 0 rings (SSSR count). The lowest BCUT2D eigenvalue weighted by Gasteiger charge is -2.29. The first-order valence-corrected chi connectivity index (χ1v) is 7.25. The van der Waals surface area contributed by atoms with E-state index in [2.05, 4.69) is 6.07 Å². The van der Waals surface area contributed by atoms with Crippen LogP contribution in [0.1, 0.15) is 40.5 Å². The van der Waals surface area contributed by atoms with E-state index in [1.807, 2.05) is 27.7 Å². The number of hydrogen-bond donors (Lipinski definition) is 0. The van der Waals surface area contributed by atoms with E-state index in [9.17, 15) is 4.11 Å². The molecule has 0 aromatic heterocycles. The molecule has 0 aromatic carbocycles. The van der Waals surface area contributed by atoms with E-state index in [1.165, 1.54) is 0 Å². The molecule has 0 saturated heterocycles. The first-order valence-electron chi connectivity index (χ1n) is 5.01. The van der Waals surface area contributed by atoms with Crippen molar-refractivity contribution in [3.8, 4) is 6.07 Å². The van der Waals surface area contributed by atoms with Gasteiger partial charge in [-0.15, -0.1) is 0 Å². The summed E-state index contributed by atoms with van der Waals surface area (Å²) < 4.78 is 14.4. The van der Waals surface area contributed by atoms with Crippen molar-refractivity contribution in [3.63, 3.8) is 0 Å². The normalized spacial score (nSPS) is 12.2. The topological polar surface area (TPSA) is 23.8 Å². The van der Waals surface area contributed by atoms with Crippen molar-refractivity contribution in [3.05, 3.63) is 0 Å². The van der Waals surface area contributed by atoms with Crippen molar-refractivity contribution < 1.29 is 4.11 Å². The summed E-state index contributed by atoms with van der Waals surface area (Å²) in [5.41, 5.74) is 0.345. The average molecular weight is 201 g/mol. The van der Waals surface area contributed by atoms with Gasteiger partial charge in [-0.2, -0.15) is 5.26 Å². The third kappa shape index (κ3) is 3.47. The van der Waals surface area contributed by atoms with Gasteiger partial charge in [0.1, 0.15) is 0 Å². The van der Waals surface area contributed by atoms with Crippen molar-refractivity contribution in [2.75, 3.05) is 0 Å². The number of halogens is 1. The molecule has 3 heteroatoms. The Labute approximate surface area is 82.1 Å². The van der Waals surface area contributed by atoms with Crippen LogP contribution in [0.15, 0.2) is 0 Å². The summed E-state index contributed by atoms with van der Waals surface area (Å²) in [6.45, 7) is 7.88. The predicted octanol–water partition coefficient (Wildman–Crippen LogP) is 4.03. The first kappa shape index (κ1) is 12.6. The summed E-state index contributed by atoms with van der Waals surface area (Å²) in [5.74, 6) is 0. The fraction of sp³-hybridized carbons (Fsp3) is 0.900. The third-order valence-electron chi connectivity index (χ3n) is 2.77. The Morgan fingerprint density at radius 1 is 1.23 bits per heavy atom. The number of nitriles is 1. The van der Waals surface area contributed by atoms with Crippen LogP contribution in [0.3, 0.4) is 0 Å². The van der Waals surface area contributed by atoms with Crippen molar-refractivity contribution in [2.45, 2.75) is 57.7 Å². The zero-order chi connectivity index (χ0) is 10.5. The molecule has 0 aliphatic carbocycles. The molecular formula is C10H20FNSi. The first-order chi connectivity index (χ1) is 5.95. The Bertz CT molecular complexity index is 176. The van der Waals surface area contributed by atoms with Gasteiger partial charge in [0.25, 0.3) is 8.41 Å². The van der Waals surface area contributed by atoms with Crippen LogP contribution in [0.2, 0.25) is 17.1 Å². The third-order valence-corrected chi connectivity index (χ3v) is 7.73. The molecule has 0 bridgehead atoms. The second-order valence-electron chi connectivity index (χ2n) is 4.25. The lowest BCUT2D eigenvalue weighted by Crippen LogP contribution is -2.35. The highest BCUT2D eigenvalue weighted by Gasteiger charge is 2.40. The van der Waals surface area contributed by atoms with Gasteiger partial charge in [-0.05, 0) is 23.5 Å². The van der Waals surface area contributed by atoms with Crippen molar-refractivity contribution in [1.82, 2.24) is 0 Å². The van der Waals surface area contributed by atoms with Crippen LogP contribution in [0.5, 0.6) is 0 Å².